The van der Waals surface area contributed by atoms with Crippen molar-refractivity contribution in [2.24, 2.45) is 0 Å². The Bertz CT molecular complexity index is 840. The zero-order valence-corrected chi connectivity index (χ0v) is 16.7. The summed E-state index contributed by atoms with van der Waals surface area (Å²) in [5.74, 6) is 0.636. The number of carbonyl (C=O) groups excluding carboxylic acids is 1. The van der Waals surface area contributed by atoms with Crippen LogP contribution in [0.1, 0.15) is 45.1 Å². The van der Waals surface area contributed by atoms with Gasteiger partial charge < -0.3 is 15.6 Å². The third-order valence-corrected chi connectivity index (χ3v) is 4.83. The van der Waals surface area contributed by atoms with Crippen LogP contribution in [-0.2, 0) is 9.53 Å². The molecule has 0 radical (unpaired) electrons. The number of benzene rings is 1. The number of nitrogen functional groups attached to an aromatic ring is 1. The standard InChI is InChI=1S/C21H28N4O3/c1-21(2,3)28-19(27)13-25-10-8-14(9-11-25)16-12-17(23-24-20(16)22)15-6-4-5-7-18(15)26/h4-7,12,14,26H,8-11,13H2,1-3H3,(H2,22,24). The first kappa shape index (κ1) is 20.1. The number of nitrogens with zero attached hydrogens (tertiary/aromatic N) is 3. The van der Waals surface area contributed by atoms with Gasteiger partial charge in [0.05, 0.1) is 12.2 Å². The maximum atomic E-state index is 12.0. The second kappa shape index (κ2) is 8.14. The minimum atomic E-state index is -0.466. The first-order valence-corrected chi connectivity index (χ1v) is 9.58. The Labute approximate surface area is 165 Å². The molecule has 0 saturated carbocycles. The van der Waals surface area contributed by atoms with E-state index in [1.807, 2.05) is 39.0 Å². The summed E-state index contributed by atoms with van der Waals surface area (Å²) in [5.41, 5.74) is 7.83. The van der Waals surface area contributed by atoms with E-state index >= 15 is 0 Å². The SMILES string of the molecule is CC(C)(C)OC(=O)CN1CCC(c2cc(-c3ccccc3O)nnc2N)CC1. The number of hydrogen-bond donors (Lipinski definition) is 2. The molecule has 1 aromatic carbocycles. The molecule has 0 atom stereocenters. The van der Waals surface area contributed by atoms with E-state index in [0.717, 1.165) is 31.5 Å². The summed E-state index contributed by atoms with van der Waals surface area (Å²) in [5, 5.41) is 18.3. The van der Waals surface area contributed by atoms with Crippen LogP contribution in [0, 0.1) is 0 Å². The third kappa shape index (κ3) is 4.98. The Hall–Kier alpha value is -2.67. The van der Waals surface area contributed by atoms with Gasteiger partial charge in [0.2, 0.25) is 0 Å². The van der Waals surface area contributed by atoms with E-state index in [1.165, 1.54) is 0 Å². The van der Waals surface area contributed by atoms with Crippen molar-refractivity contribution in [1.82, 2.24) is 15.1 Å². The number of phenolic OH excluding ortho intramolecular Hbond substituents is 1. The number of likely N-dealkylation sites (tertiary alicyclic amines) is 1. The van der Waals surface area contributed by atoms with Gasteiger partial charge in [0.15, 0.2) is 0 Å². The van der Waals surface area contributed by atoms with Crippen molar-refractivity contribution < 1.29 is 14.6 Å². The molecular weight excluding hydrogens is 356 g/mol. The van der Waals surface area contributed by atoms with Crippen molar-refractivity contribution in [3.05, 3.63) is 35.9 Å². The van der Waals surface area contributed by atoms with E-state index in [1.54, 1.807) is 12.1 Å². The number of nitrogens with two attached hydrogens (primary N) is 1. The Balaban J connectivity index is 1.67. The van der Waals surface area contributed by atoms with Gasteiger partial charge in [0, 0.05) is 11.1 Å². The summed E-state index contributed by atoms with van der Waals surface area (Å²) >= 11 is 0. The van der Waals surface area contributed by atoms with Crippen LogP contribution < -0.4 is 5.73 Å². The van der Waals surface area contributed by atoms with Crippen LogP contribution in [-0.4, -0.2) is 51.4 Å². The number of carbonyl (C=O) groups is 1. The number of esters is 1. The first-order chi connectivity index (χ1) is 13.2. The van der Waals surface area contributed by atoms with Crippen molar-refractivity contribution in [2.45, 2.75) is 45.1 Å². The molecule has 1 aliphatic rings. The Morgan fingerprint density at radius 2 is 1.93 bits per heavy atom. The molecule has 2 heterocycles. The van der Waals surface area contributed by atoms with E-state index in [2.05, 4.69) is 15.1 Å². The Kier molecular flexibility index (Phi) is 5.84. The van der Waals surface area contributed by atoms with Crippen molar-refractivity contribution in [3.63, 3.8) is 0 Å². The van der Waals surface area contributed by atoms with Gasteiger partial charge in [-0.05, 0) is 70.8 Å². The minimum Gasteiger partial charge on any atom is -0.507 e. The molecule has 150 valence electrons. The number of anilines is 1. The van der Waals surface area contributed by atoms with Crippen LogP contribution in [0.25, 0.3) is 11.3 Å². The largest absolute Gasteiger partial charge is 0.507 e. The highest BCUT2D eigenvalue weighted by molar-refractivity contribution is 5.72. The Morgan fingerprint density at radius 3 is 2.57 bits per heavy atom. The lowest BCUT2D eigenvalue weighted by atomic mass is 9.89. The van der Waals surface area contributed by atoms with E-state index in [-0.39, 0.29) is 17.6 Å². The predicted molar refractivity (Wildman–Crippen MR) is 108 cm³/mol. The quantitative estimate of drug-likeness (QED) is 0.781. The smallest absolute Gasteiger partial charge is 0.320 e. The zero-order chi connectivity index (χ0) is 20.3. The Morgan fingerprint density at radius 1 is 1.25 bits per heavy atom. The number of ether oxygens (including phenoxy) is 1. The van der Waals surface area contributed by atoms with E-state index in [9.17, 15) is 9.90 Å². The van der Waals surface area contributed by atoms with Gasteiger partial charge in [-0.2, -0.15) is 0 Å². The molecule has 3 N–H and O–H groups in total. The number of aromatic hydroxyl groups is 1. The van der Waals surface area contributed by atoms with Crippen LogP contribution in [0.4, 0.5) is 5.82 Å². The molecule has 3 rings (SSSR count). The fraction of sp³-hybridized carbons (Fsp3) is 0.476. The summed E-state index contributed by atoms with van der Waals surface area (Å²) < 4.78 is 5.40. The van der Waals surface area contributed by atoms with Gasteiger partial charge in [0.25, 0.3) is 0 Å². The minimum absolute atomic E-state index is 0.166. The van der Waals surface area contributed by atoms with Crippen molar-refractivity contribution in [3.8, 4) is 17.0 Å². The van der Waals surface area contributed by atoms with Crippen molar-refractivity contribution in [2.75, 3.05) is 25.4 Å². The van der Waals surface area contributed by atoms with Gasteiger partial charge in [-0.15, -0.1) is 10.2 Å². The van der Waals surface area contributed by atoms with Crippen LogP contribution >= 0.6 is 0 Å². The van der Waals surface area contributed by atoms with E-state index in [4.69, 9.17) is 10.5 Å². The number of hydrogen-bond acceptors (Lipinski definition) is 7. The van der Waals surface area contributed by atoms with Crippen molar-refractivity contribution >= 4 is 11.8 Å². The van der Waals surface area contributed by atoms with Gasteiger partial charge in [-0.1, -0.05) is 12.1 Å². The molecule has 1 aliphatic heterocycles. The van der Waals surface area contributed by atoms with E-state index in [0.29, 0.717) is 23.6 Å². The lowest BCUT2D eigenvalue weighted by Crippen LogP contribution is -2.39. The highest BCUT2D eigenvalue weighted by Crippen LogP contribution is 2.34. The van der Waals surface area contributed by atoms with Crippen LogP contribution in [0.3, 0.4) is 0 Å². The molecule has 0 aliphatic carbocycles. The number of aromatic nitrogens is 2. The summed E-state index contributed by atoms with van der Waals surface area (Å²) in [7, 11) is 0. The topological polar surface area (TPSA) is 102 Å². The van der Waals surface area contributed by atoms with Crippen molar-refractivity contribution in [1.29, 1.82) is 0 Å². The molecule has 0 amide bonds. The number of para-hydroxylation sites is 1. The lowest BCUT2D eigenvalue weighted by Gasteiger charge is -2.32. The average Bonchev–Trinajstić information content (AvgIpc) is 2.62. The maximum absolute atomic E-state index is 12.0. The molecule has 1 saturated heterocycles. The molecule has 2 aromatic rings. The van der Waals surface area contributed by atoms with Gasteiger partial charge in [0.1, 0.15) is 17.2 Å². The maximum Gasteiger partial charge on any atom is 0.320 e. The highest BCUT2D eigenvalue weighted by atomic mass is 16.6. The lowest BCUT2D eigenvalue weighted by molar-refractivity contribution is -0.156. The van der Waals surface area contributed by atoms with Crippen LogP contribution in [0.5, 0.6) is 5.75 Å². The molecule has 28 heavy (non-hydrogen) atoms. The molecule has 0 spiro atoms. The fourth-order valence-electron chi connectivity index (χ4n) is 3.52. The summed E-state index contributed by atoms with van der Waals surface area (Å²) in [4.78, 5) is 14.2. The average molecular weight is 384 g/mol. The zero-order valence-electron chi connectivity index (χ0n) is 16.7. The second-order valence-corrected chi connectivity index (χ2v) is 8.22. The molecule has 0 unspecified atom stereocenters. The summed E-state index contributed by atoms with van der Waals surface area (Å²) in [6.45, 7) is 7.50. The van der Waals surface area contributed by atoms with Gasteiger partial charge in [-0.25, -0.2) is 0 Å². The normalized spacial score (nSPS) is 16.1. The molecule has 1 aromatic heterocycles. The molecule has 1 fully saturated rings. The number of phenols is 1. The van der Waals surface area contributed by atoms with Gasteiger partial charge in [-0.3, -0.25) is 9.69 Å². The van der Waals surface area contributed by atoms with Crippen LogP contribution in [0.2, 0.25) is 0 Å². The van der Waals surface area contributed by atoms with Crippen LogP contribution in [0.15, 0.2) is 30.3 Å². The van der Waals surface area contributed by atoms with E-state index < -0.39 is 5.60 Å². The second-order valence-electron chi connectivity index (χ2n) is 8.22. The predicted octanol–water partition coefficient (Wildman–Crippen LogP) is 2.95. The van der Waals surface area contributed by atoms with Gasteiger partial charge >= 0.3 is 5.97 Å². The summed E-state index contributed by atoms with van der Waals surface area (Å²) in [6, 6.07) is 8.98. The molecule has 7 heteroatoms. The fourth-order valence-corrected chi connectivity index (χ4v) is 3.52. The number of piperidine rings is 1. The highest BCUT2D eigenvalue weighted by Gasteiger charge is 2.26. The molecular formula is C21H28N4O3. The first-order valence-electron chi connectivity index (χ1n) is 9.58. The number of rotatable bonds is 4. The summed E-state index contributed by atoms with van der Waals surface area (Å²) in [6.07, 6.45) is 1.75. The molecule has 7 nitrogen and oxygen atoms in total. The monoisotopic (exact) mass is 384 g/mol. The third-order valence-electron chi connectivity index (χ3n) is 4.83. The molecule has 0 bridgehead atoms.